The third kappa shape index (κ3) is 7.50. The number of hydrogen-bond donors (Lipinski definition) is 1. The van der Waals surface area contributed by atoms with Crippen molar-refractivity contribution in [3.63, 3.8) is 0 Å². The number of nitrogens with one attached hydrogen (secondary N) is 1. The van der Waals surface area contributed by atoms with Gasteiger partial charge in [0.2, 0.25) is 5.91 Å². The quantitative estimate of drug-likeness (QED) is 0.380. The van der Waals surface area contributed by atoms with Gasteiger partial charge in [0.15, 0.2) is 0 Å². The molecule has 1 N–H and O–H groups in total. The van der Waals surface area contributed by atoms with Crippen LogP contribution in [0, 0.1) is 10.8 Å². The van der Waals surface area contributed by atoms with E-state index >= 15 is 0 Å². The first-order valence-electron chi connectivity index (χ1n) is 13.2. The zero-order chi connectivity index (χ0) is 25.6. The molecular formula is C30H41N5O. The Morgan fingerprint density at radius 1 is 0.889 bits per heavy atom. The number of benzene rings is 1. The molecule has 0 unspecified atom stereocenters. The molecule has 1 amide bonds. The van der Waals surface area contributed by atoms with E-state index in [0.29, 0.717) is 6.42 Å². The van der Waals surface area contributed by atoms with Crippen LogP contribution in [-0.4, -0.2) is 53.5 Å². The van der Waals surface area contributed by atoms with Crippen LogP contribution in [-0.2, 0) is 4.79 Å². The minimum atomic E-state index is 0.0738. The molecule has 0 spiro atoms. The maximum Gasteiger partial charge on any atom is 0.224 e. The van der Waals surface area contributed by atoms with Crippen LogP contribution in [0.25, 0.3) is 10.9 Å². The molecule has 1 aliphatic rings. The third-order valence-electron chi connectivity index (χ3n) is 7.45. The Bertz CT molecular complexity index is 1140. The molecule has 0 aliphatic carbocycles. The number of carbonyl (C=O) groups is 1. The molecule has 4 rings (SSSR count). The fraction of sp³-hybridized carbons (Fsp3) is 0.500. The van der Waals surface area contributed by atoms with Gasteiger partial charge in [0.25, 0.3) is 0 Å². The predicted molar refractivity (Wildman–Crippen MR) is 149 cm³/mol. The van der Waals surface area contributed by atoms with Gasteiger partial charge < -0.3 is 10.2 Å². The van der Waals surface area contributed by atoms with Crippen molar-refractivity contribution in [2.24, 2.45) is 10.8 Å². The molecule has 1 aromatic carbocycles. The molecule has 6 nitrogen and oxygen atoms in total. The number of hydrogen-bond acceptors (Lipinski definition) is 5. The number of anilines is 2. The maximum atomic E-state index is 12.6. The minimum absolute atomic E-state index is 0.0738. The van der Waals surface area contributed by atoms with Crippen LogP contribution in [0.5, 0.6) is 0 Å². The molecule has 36 heavy (non-hydrogen) atoms. The zero-order valence-corrected chi connectivity index (χ0v) is 22.3. The van der Waals surface area contributed by atoms with Gasteiger partial charge in [-0.1, -0.05) is 39.8 Å². The Kier molecular flexibility index (Phi) is 8.24. The molecule has 0 bridgehead atoms. The lowest BCUT2D eigenvalue weighted by Crippen LogP contribution is -2.49. The molecule has 2 aromatic heterocycles. The number of piperazine rings is 1. The number of fused-ring (bicyclic) bond motifs is 1. The summed E-state index contributed by atoms with van der Waals surface area (Å²) in [5, 5.41) is 4.13. The number of amides is 1. The molecule has 1 saturated heterocycles. The Morgan fingerprint density at radius 3 is 2.36 bits per heavy atom. The molecule has 1 fully saturated rings. The van der Waals surface area contributed by atoms with Gasteiger partial charge in [-0.25, -0.2) is 0 Å². The maximum absolute atomic E-state index is 12.6. The summed E-state index contributed by atoms with van der Waals surface area (Å²) in [6.07, 6.45) is 9.21. The normalized spacial score (nSPS) is 15.3. The molecule has 1 aliphatic heterocycles. The van der Waals surface area contributed by atoms with Gasteiger partial charge in [0, 0.05) is 74.5 Å². The van der Waals surface area contributed by atoms with Crippen molar-refractivity contribution in [3.05, 3.63) is 61.1 Å². The predicted octanol–water partition coefficient (Wildman–Crippen LogP) is 6.00. The average Bonchev–Trinajstić information content (AvgIpc) is 2.87. The second-order valence-corrected chi connectivity index (χ2v) is 11.8. The van der Waals surface area contributed by atoms with Crippen molar-refractivity contribution in [1.82, 2.24) is 14.9 Å². The van der Waals surface area contributed by atoms with Crippen molar-refractivity contribution in [3.8, 4) is 0 Å². The van der Waals surface area contributed by atoms with E-state index in [1.54, 1.807) is 6.20 Å². The summed E-state index contributed by atoms with van der Waals surface area (Å²) >= 11 is 0. The second kappa shape index (κ2) is 11.4. The van der Waals surface area contributed by atoms with E-state index < -0.39 is 0 Å². The SMILES string of the molecule is CC(C)(CCC(=O)Nc1ccc2cccnc2c1)CCC(C)(C)CN1CCN(c2ccncc2)CC1. The first-order chi connectivity index (χ1) is 17.2. The number of nitrogens with zero attached hydrogens (tertiary/aromatic N) is 4. The summed E-state index contributed by atoms with van der Waals surface area (Å²) in [6, 6.07) is 14.0. The molecule has 192 valence electrons. The van der Waals surface area contributed by atoms with E-state index in [-0.39, 0.29) is 16.7 Å². The molecule has 3 heterocycles. The van der Waals surface area contributed by atoms with E-state index in [0.717, 1.165) is 68.6 Å². The van der Waals surface area contributed by atoms with Gasteiger partial charge in [0.1, 0.15) is 0 Å². The summed E-state index contributed by atoms with van der Waals surface area (Å²) in [6.45, 7) is 14.8. The smallest absolute Gasteiger partial charge is 0.224 e. The summed E-state index contributed by atoms with van der Waals surface area (Å²) in [5.41, 5.74) is 3.36. The summed E-state index contributed by atoms with van der Waals surface area (Å²) in [4.78, 5) is 26.2. The topological polar surface area (TPSA) is 61.4 Å². The first kappa shape index (κ1) is 26.1. The third-order valence-corrected chi connectivity index (χ3v) is 7.45. The zero-order valence-electron chi connectivity index (χ0n) is 22.3. The monoisotopic (exact) mass is 487 g/mol. The van der Waals surface area contributed by atoms with Crippen LogP contribution in [0.3, 0.4) is 0 Å². The Hall–Kier alpha value is -2.99. The Balaban J connectivity index is 1.19. The van der Waals surface area contributed by atoms with Crippen LogP contribution in [0.1, 0.15) is 53.4 Å². The molecule has 0 radical (unpaired) electrons. The number of aromatic nitrogens is 2. The number of pyridine rings is 2. The van der Waals surface area contributed by atoms with Crippen molar-refractivity contribution in [1.29, 1.82) is 0 Å². The molecule has 3 aromatic rings. The van der Waals surface area contributed by atoms with Crippen molar-refractivity contribution in [2.75, 3.05) is 42.9 Å². The summed E-state index contributed by atoms with van der Waals surface area (Å²) < 4.78 is 0. The van der Waals surface area contributed by atoms with Crippen LogP contribution in [0.15, 0.2) is 61.1 Å². The highest BCUT2D eigenvalue weighted by Gasteiger charge is 2.28. The van der Waals surface area contributed by atoms with Crippen LogP contribution in [0.4, 0.5) is 11.4 Å². The number of rotatable bonds is 10. The van der Waals surface area contributed by atoms with Gasteiger partial charge in [-0.05, 0) is 60.4 Å². The van der Waals surface area contributed by atoms with Gasteiger partial charge >= 0.3 is 0 Å². The molecule has 6 heteroatoms. The lowest BCUT2D eigenvalue weighted by atomic mass is 9.76. The largest absolute Gasteiger partial charge is 0.369 e. The van der Waals surface area contributed by atoms with Crippen molar-refractivity contribution < 1.29 is 4.79 Å². The van der Waals surface area contributed by atoms with E-state index in [2.05, 4.69) is 64.9 Å². The molecule has 0 atom stereocenters. The van der Waals surface area contributed by atoms with Crippen molar-refractivity contribution in [2.45, 2.75) is 53.4 Å². The lowest BCUT2D eigenvalue weighted by molar-refractivity contribution is -0.116. The van der Waals surface area contributed by atoms with Crippen LogP contribution < -0.4 is 10.2 Å². The van der Waals surface area contributed by atoms with Gasteiger partial charge in [0.05, 0.1) is 5.52 Å². The molecular weight excluding hydrogens is 446 g/mol. The first-order valence-corrected chi connectivity index (χ1v) is 13.2. The van der Waals surface area contributed by atoms with Gasteiger partial charge in [-0.3, -0.25) is 19.7 Å². The van der Waals surface area contributed by atoms with Crippen LogP contribution >= 0.6 is 0 Å². The van der Waals surface area contributed by atoms with E-state index in [4.69, 9.17) is 0 Å². The van der Waals surface area contributed by atoms with E-state index in [1.165, 1.54) is 5.69 Å². The van der Waals surface area contributed by atoms with Gasteiger partial charge in [-0.15, -0.1) is 0 Å². The van der Waals surface area contributed by atoms with Crippen LogP contribution in [0.2, 0.25) is 0 Å². The summed E-state index contributed by atoms with van der Waals surface area (Å²) in [5.74, 6) is 0.0738. The highest BCUT2D eigenvalue weighted by molar-refractivity contribution is 5.93. The Labute approximate surface area is 216 Å². The average molecular weight is 488 g/mol. The fourth-order valence-corrected chi connectivity index (χ4v) is 5.02. The number of carbonyl (C=O) groups excluding carboxylic acids is 1. The standard InChI is InChI=1S/C30H41N5O/c1-29(2,12-9-28(36)33-25-8-7-24-6-5-15-32-27(24)22-25)13-14-30(3,4)23-34-18-20-35(21-19-34)26-10-16-31-17-11-26/h5-8,10-11,15-17,22H,9,12-14,18-21,23H2,1-4H3,(H,33,36). The lowest BCUT2D eigenvalue weighted by Gasteiger charge is -2.40. The second-order valence-electron chi connectivity index (χ2n) is 11.8. The fourth-order valence-electron chi connectivity index (χ4n) is 5.02. The van der Waals surface area contributed by atoms with Gasteiger partial charge in [-0.2, -0.15) is 0 Å². The summed E-state index contributed by atoms with van der Waals surface area (Å²) in [7, 11) is 0. The van der Waals surface area contributed by atoms with E-state index in [1.807, 2.05) is 42.7 Å². The highest BCUT2D eigenvalue weighted by atomic mass is 16.1. The highest BCUT2D eigenvalue weighted by Crippen LogP contribution is 2.35. The minimum Gasteiger partial charge on any atom is -0.369 e. The Morgan fingerprint density at radius 2 is 1.61 bits per heavy atom. The van der Waals surface area contributed by atoms with Crippen molar-refractivity contribution >= 4 is 28.2 Å². The van der Waals surface area contributed by atoms with E-state index in [9.17, 15) is 4.79 Å². The molecule has 0 saturated carbocycles.